The van der Waals surface area contributed by atoms with Crippen LogP contribution in [0.3, 0.4) is 0 Å². The second-order valence-corrected chi connectivity index (χ2v) is 4.86. The van der Waals surface area contributed by atoms with Crippen LogP contribution in [0.1, 0.15) is 31.7 Å². The van der Waals surface area contributed by atoms with E-state index >= 15 is 0 Å². The van der Waals surface area contributed by atoms with E-state index in [0.29, 0.717) is 0 Å². The number of amides is 1. The average Bonchev–Trinajstić information content (AvgIpc) is 2.45. The highest BCUT2D eigenvalue weighted by atomic mass is 16.4. The quantitative estimate of drug-likeness (QED) is 0.703. The van der Waals surface area contributed by atoms with Crippen molar-refractivity contribution in [1.29, 1.82) is 0 Å². The van der Waals surface area contributed by atoms with E-state index in [9.17, 15) is 9.59 Å². The molecule has 5 nitrogen and oxygen atoms in total. The van der Waals surface area contributed by atoms with Crippen LogP contribution in [0.4, 0.5) is 0 Å². The number of hydrogen-bond acceptors (Lipinski definition) is 3. The second-order valence-electron chi connectivity index (χ2n) is 4.86. The molecular weight excluding hydrogens is 258 g/mol. The molecule has 5 heteroatoms. The third-order valence-electron chi connectivity index (χ3n) is 3.45. The van der Waals surface area contributed by atoms with Crippen LogP contribution in [0.15, 0.2) is 30.3 Å². The first kappa shape index (κ1) is 16.2. The first-order valence-corrected chi connectivity index (χ1v) is 6.70. The molecule has 1 rings (SSSR count). The third kappa shape index (κ3) is 4.06. The topological polar surface area (TPSA) is 86.6 Å². The van der Waals surface area contributed by atoms with Gasteiger partial charge in [-0.2, -0.15) is 0 Å². The first-order valence-electron chi connectivity index (χ1n) is 6.70. The summed E-state index contributed by atoms with van der Waals surface area (Å²) in [7, 11) is 0. The number of aliphatic hydroxyl groups excluding tert-OH is 1. The van der Waals surface area contributed by atoms with Crippen molar-refractivity contribution in [2.75, 3.05) is 6.61 Å². The summed E-state index contributed by atoms with van der Waals surface area (Å²) in [6.45, 7) is 3.31. The van der Waals surface area contributed by atoms with Crippen LogP contribution >= 0.6 is 0 Å². The van der Waals surface area contributed by atoms with Gasteiger partial charge in [-0.3, -0.25) is 4.79 Å². The van der Waals surface area contributed by atoms with Gasteiger partial charge in [0.2, 0.25) is 5.91 Å². The Morgan fingerprint density at radius 1 is 1.25 bits per heavy atom. The van der Waals surface area contributed by atoms with E-state index in [1.54, 1.807) is 0 Å². The fraction of sp³-hybridized carbons (Fsp3) is 0.467. The van der Waals surface area contributed by atoms with E-state index in [4.69, 9.17) is 10.2 Å². The summed E-state index contributed by atoms with van der Waals surface area (Å²) in [6, 6.07) is 7.99. The maximum atomic E-state index is 12.3. The summed E-state index contributed by atoms with van der Waals surface area (Å²) >= 11 is 0. The largest absolute Gasteiger partial charge is 0.480 e. The molecule has 0 fully saturated rings. The number of hydrogen-bond donors (Lipinski definition) is 3. The Morgan fingerprint density at radius 3 is 2.30 bits per heavy atom. The van der Waals surface area contributed by atoms with Gasteiger partial charge in [0.1, 0.15) is 6.04 Å². The van der Waals surface area contributed by atoms with Crippen LogP contribution in [0.5, 0.6) is 0 Å². The number of carboxylic acids is 1. The van der Waals surface area contributed by atoms with Gasteiger partial charge in [0.05, 0.1) is 12.5 Å². The number of benzene rings is 1. The number of carboxylic acid groups (broad SMARTS) is 1. The highest BCUT2D eigenvalue weighted by Gasteiger charge is 2.29. The molecule has 0 aliphatic rings. The average molecular weight is 279 g/mol. The molecule has 1 aromatic rings. The highest BCUT2D eigenvalue weighted by Crippen LogP contribution is 2.27. The molecule has 0 saturated carbocycles. The second kappa shape index (κ2) is 7.65. The normalized spacial score (nSPS) is 15.2. The van der Waals surface area contributed by atoms with Crippen LogP contribution in [-0.2, 0) is 9.59 Å². The monoisotopic (exact) mass is 279 g/mol. The zero-order valence-electron chi connectivity index (χ0n) is 11.7. The Kier molecular flexibility index (Phi) is 6.18. The number of aliphatic hydroxyl groups is 1. The summed E-state index contributed by atoms with van der Waals surface area (Å²) in [5.74, 6) is -1.95. The predicted molar refractivity (Wildman–Crippen MR) is 75.3 cm³/mol. The molecule has 3 unspecified atom stereocenters. The zero-order valence-corrected chi connectivity index (χ0v) is 11.7. The van der Waals surface area contributed by atoms with Crippen molar-refractivity contribution in [3.8, 4) is 0 Å². The molecule has 0 aromatic heterocycles. The summed E-state index contributed by atoms with van der Waals surface area (Å²) in [6.07, 6.45) is 0.795. The maximum absolute atomic E-state index is 12.3. The standard InChI is InChI=1S/C15H21NO4/c1-3-10(2)13(11-7-5-4-6-8-11)14(18)16-12(9-17)15(19)20/h4-8,10,12-13,17H,3,9H2,1-2H3,(H,16,18)(H,19,20). The van der Waals surface area contributed by atoms with Gasteiger partial charge in [0.25, 0.3) is 0 Å². The fourth-order valence-electron chi connectivity index (χ4n) is 2.08. The van der Waals surface area contributed by atoms with E-state index in [2.05, 4.69) is 5.32 Å². The molecule has 1 amide bonds. The van der Waals surface area contributed by atoms with Crippen molar-refractivity contribution in [2.45, 2.75) is 32.2 Å². The van der Waals surface area contributed by atoms with E-state index in [0.717, 1.165) is 12.0 Å². The van der Waals surface area contributed by atoms with Crippen molar-refractivity contribution in [1.82, 2.24) is 5.32 Å². The van der Waals surface area contributed by atoms with E-state index in [-0.39, 0.29) is 11.8 Å². The Labute approximate surface area is 118 Å². The van der Waals surface area contributed by atoms with Crippen molar-refractivity contribution in [2.24, 2.45) is 5.92 Å². The minimum Gasteiger partial charge on any atom is -0.480 e. The van der Waals surface area contributed by atoms with Gasteiger partial charge < -0.3 is 15.5 Å². The van der Waals surface area contributed by atoms with Crippen molar-refractivity contribution >= 4 is 11.9 Å². The summed E-state index contributed by atoms with van der Waals surface area (Å²) in [5.41, 5.74) is 0.849. The van der Waals surface area contributed by atoms with E-state index < -0.39 is 24.5 Å². The number of carbonyl (C=O) groups is 2. The molecule has 0 heterocycles. The molecule has 0 saturated heterocycles. The number of carbonyl (C=O) groups excluding carboxylic acids is 1. The molecule has 1 aromatic carbocycles. The molecule has 110 valence electrons. The van der Waals surface area contributed by atoms with Crippen LogP contribution in [0.25, 0.3) is 0 Å². The summed E-state index contributed by atoms with van der Waals surface area (Å²) in [5, 5.41) is 20.3. The number of nitrogens with one attached hydrogen (secondary N) is 1. The van der Waals surface area contributed by atoms with Crippen LogP contribution < -0.4 is 5.32 Å². The van der Waals surface area contributed by atoms with Gasteiger partial charge in [-0.05, 0) is 11.5 Å². The lowest BCUT2D eigenvalue weighted by atomic mass is 9.84. The third-order valence-corrected chi connectivity index (χ3v) is 3.45. The molecule has 20 heavy (non-hydrogen) atoms. The van der Waals surface area contributed by atoms with Crippen molar-refractivity contribution < 1.29 is 19.8 Å². The number of aliphatic carboxylic acids is 1. The molecule has 0 aliphatic carbocycles. The zero-order chi connectivity index (χ0) is 15.1. The van der Waals surface area contributed by atoms with Crippen molar-refractivity contribution in [3.63, 3.8) is 0 Å². The van der Waals surface area contributed by atoms with Gasteiger partial charge in [-0.1, -0.05) is 50.6 Å². The molecule has 0 bridgehead atoms. The summed E-state index contributed by atoms with van der Waals surface area (Å²) in [4.78, 5) is 23.2. The molecule has 3 N–H and O–H groups in total. The summed E-state index contributed by atoms with van der Waals surface area (Å²) < 4.78 is 0. The lowest BCUT2D eigenvalue weighted by Gasteiger charge is -2.24. The van der Waals surface area contributed by atoms with Crippen molar-refractivity contribution in [3.05, 3.63) is 35.9 Å². The fourth-order valence-corrected chi connectivity index (χ4v) is 2.08. The van der Waals surface area contributed by atoms with Crippen LogP contribution in [0, 0.1) is 5.92 Å². The Balaban J connectivity index is 2.94. The van der Waals surface area contributed by atoms with Gasteiger partial charge >= 0.3 is 5.97 Å². The van der Waals surface area contributed by atoms with Gasteiger partial charge in [-0.15, -0.1) is 0 Å². The lowest BCUT2D eigenvalue weighted by molar-refractivity contribution is -0.143. The maximum Gasteiger partial charge on any atom is 0.328 e. The van der Waals surface area contributed by atoms with Crippen LogP contribution in [-0.4, -0.2) is 34.7 Å². The Morgan fingerprint density at radius 2 is 1.85 bits per heavy atom. The first-order chi connectivity index (χ1) is 9.51. The Hall–Kier alpha value is -1.88. The SMILES string of the molecule is CCC(C)C(C(=O)NC(CO)C(=O)O)c1ccccc1. The molecule has 3 atom stereocenters. The lowest BCUT2D eigenvalue weighted by Crippen LogP contribution is -2.46. The Bertz CT molecular complexity index is 446. The van der Waals surface area contributed by atoms with Gasteiger partial charge in [0, 0.05) is 0 Å². The minimum atomic E-state index is -1.27. The molecule has 0 spiro atoms. The van der Waals surface area contributed by atoms with Crippen LogP contribution in [0.2, 0.25) is 0 Å². The van der Waals surface area contributed by atoms with E-state index in [1.807, 2.05) is 44.2 Å². The molecule has 0 aliphatic heterocycles. The predicted octanol–water partition coefficient (Wildman–Crippen LogP) is 1.38. The highest BCUT2D eigenvalue weighted by molar-refractivity contribution is 5.88. The minimum absolute atomic E-state index is 0.0746. The number of rotatable bonds is 7. The van der Waals surface area contributed by atoms with Gasteiger partial charge in [-0.25, -0.2) is 4.79 Å². The smallest absolute Gasteiger partial charge is 0.328 e. The van der Waals surface area contributed by atoms with E-state index in [1.165, 1.54) is 0 Å². The van der Waals surface area contributed by atoms with Gasteiger partial charge in [0.15, 0.2) is 0 Å². The molecule has 0 radical (unpaired) electrons. The molecular formula is C15H21NO4.